The van der Waals surface area contributed by atoms with E-state index in [9.17, 15) is 13.2 Å². The number of hydrogen-bond acceptors (Lipinski definition) is 3. The van der Waals surface area contributed by atoms with Crippen LogP contribution in [0, 0.1) is 6.92 Å². The van der Waals surface area contributed by atoms with Crippen LogP contribution in [0.25, 0.3) is 0 Å². The average molecular weight is 311 g/mol. The predicted octanol–water partition coefficient (Wildman–Crippen LogP) is 2.26. The SMILES string of the molecule is Cc1ccccc1CCC(=O)NCCS(=O)(=O)C(C)(C)C. The van der Waals surface area contributed by atoms with Gasteiger partial charge in [0, 0.05) is 13.0 Å². The smallest absolute Gasteiger partial charge is 0.220 e. The molecule has 118 valence electrons. The van der Waals surface area contributed by atoms with Crippen molar-refractivity contribution in [1.82, 2.24) is 5.32 Å². The Hall–Kier alpha value is -1.36. The largest absolute Gasteiger partial charge is 0.355 e. The Kier molecular flexibility index (Phi) is 5.96. The van der Waals surface area contributed by atoms with E-state index in [-0.39, 0.29) is 18.2 Å². The van der Waals surface area contributed by atoms with Crippen LogP contribution in [0.3, 0.4) is 0 Å². The first-order valence-electron chi connectivity index (χ1n) is 7.17. The second-order valence-electron chi connectivity index (χ2n) is 6.21. The molecule has 0 atom stereocenters. The molecule has 1 aromatic carbocycles. The van der Waals surface area contributed by atoms with Gasteiger partial charge in [-0.25, -0.2) is 8.42 Å². The molecular weight excluding hydrogens is 286 g/mol. The van der Waals surface area contributed by atoms with Gasteiger partial charge in [-0.05, 0) is 45.2 Å². The first-order valence-corrected chi connectivity index (χ1v) is 8.82. The minimum atomic E-state index is -3.18. The predicted molar refractivity (Wildman–Crippen MR) is 86.0 cm³/mol. The van der Waals surface area contributed by atoms with Crippen LogP contribution in [0.5, 0.6) is 0 Å². The average Bonchev–Trinajstić information content (AvgIpc) is 2.36. The molecule has 1 N–H and O–H groups in total. The van der Waals surface area contributed by atoms with Crippen LogP contribution < -0.4 is 5.32 Å². The zero-order chi connectivity index (χ0) is 16.1. The van der Waals surface area contributed by atoms with Crippen LogP contribution in [0.1, 0.15) is 38.3 Å². The van der Waals surface area contributed by atoms with Crippen LogP contribution in [0.2, 0.25) is 0 Å². The van der Waals surface area contributed by atoms with Crippen molar-refractivity contribution in [3.05, 3.63) is 35.4 Å². The van der Waals surface area contributed by atoms with Crippen LogP contribution >= 0.6 is 0 Å². The highest BCUT2D eigenvalue weighted by molar-refractivity contribution is 7.92. The summed E-state index contributed by atoms with van der Waals surface area (Å²) in [6.07, 6.45) is 1.05. The van der Waals surface area contributed by atoms with Gasteiger partial charge in [-0.15, -0.1) is 0 Å². The monoisotopic (exact) mass is 311 g/mol. The molecule has 4 nitrogen and oxygen atoms in total. The minimum absolute atomic E-state index is 0.0212. The third-order valence-corrected chi connectivity index (χ3v) is 6.12. The van der Waals surface area contributed by atoms with Gasteiger partial charge in [0.15, 0.2) is 9.84 Å². The minimum Gasteiger partial charge on any atom is -0.355 e. The topological polar surface area (TPSA) is 63.2 Å². The summed E-state index contributed by atoms with van der Waals surface area (Å²) in [5.74, 6) is -0.130. The Morgan fingerprint density at radius 2 is 1.81 bits per heavy atom. The Balaban J connectivity index is 2.38. The van der Waals surface area contributed by atoms with Crippen molar-refractivity contribution in [2.75, 3.05) is 12.3 Å². The molecule has 0 unspecified atom stereocenters. The number of nitrogens with one attached hydrogen (secondary N) is 1. The van der Waals surface area contributed by atoms with Crippen LogP contribution in [-0.2, 0) is 21.1 Å². The number of carbonyl (C=O) groups excluding carboxylic acids is 1. The summed E-state index contributed by atoms with van der Waals surface area (Å²) < 4.78 is 23.0. The number of rotatable bonds is 6. The number of sulfone groups is 1. The van der Waals surface area contributed by atoms with E-state index in [0.717, 1.165) is 5.56 Å². The van der Waals surface area contributed by atoms with Gasteiger partial charge in [-0.3, -0.25) is 4.79 Å². The third-order valence-electron chi connectivity index (χ3n) is 3.51. The maximum atomic E-state index is 11.9. The fourth-order valence-electron chi connectivity index (χ4n) is 1.86. The second-order valence-corrected chi connectivity index (χ2v) is 9.07. The molecule has 0 fully saturated rings. The van der Waals surface area contributed by atoms with Crippen molar-refractivity contribution in [2.45, 2.75) is 45.3 Å². The van der Waals surface area contributed by atoms with Crippen molar-refractivity contribution in [2.24, 2.45) is 0 Å². The zero-order valence-corrected chi connectivity index (χ0v) is 14.1. The van der Waals surface area contributed by atoms with Gasteiger partial charge >= 0.3 is 0 Å². The molecule has 5 heteroatoms. The summed E-state index contributed by atoms with van der Waals surface area (Å²) in [4.78, 5) is 11.8. The van der Waals surface area contributed by atoms with Gasteiger partial charge < -0.3 is 5.32 Å². The second kappa shape index (κ2) is 7.07. The van der Waals surface area contributed by atoms with E-state index in [2.05, 4.69) is 5.32 Å². The first kappa shape index (κ1) is 17.7. The molecule has 0 aliphatic carbocycles. The fourth-order valence-corrected chi connectivity index (χ4v) is 2.84. The van der Waals surface area contributed by atoms with Gasteiger partial charge in [0.1, 0.15) is 0 Å². The number of benzene rings is 1. The van der Waals surface area contributed by atoms with Crippen molar-refractivity contribution in [3.8, 4) is 0 Å². The highest BCUT2D eigenvalue weighted by atomic mass is 32.2. The summed E-state index contributed by atoms with van der Waals surface area (Å²) in [5, 5.41) is 2.68. The highest BCUT2D eigenvalue weighted by Gasteiger charge is 2.28. The van der Waals surface area contributed by atoms with Gasteiger partial charge in [0.05, 0.1) is 10.5 Å². The van der Waals surface area contributed by atoms with E-state index in [0.29, 0.717) is 12.8 Å². The number of hydrogen-bond donors (Lipinski definition) is 1. The lowest BCUT2D eigenvalue weighted by molar-refractivity contribution is -0.120. The standard InChI is InChI=1S/C16H25NO3S/c1-13-7-5-6-8-14(13)9-10-15(18)17-11-12-21(19,20)16(2,3)4/h5-8H,9-12H2,1-4H3,(H,17,18). The first-order chi connectivity index (χ1) is 9.63. The number of aryl methyl sites for hydroxylation is 2. The van der Waals surface area contributed by atoms with Gasteiger partial charge in [-0.2, -0.15) is 0 Å². The summed E-state index contributed by atoms with van der Waals surface area (Å²) in [5.41, 5.74) is 2.32. The summed E-state index contributed by atoms with van der Waals surface area (Å²) in [6, 6.07) is 7.95. The van der Waals surface area contributed by atoms with Crippen LogP contribution in [0.15, 0.2) is 24.3 Å². The molecule has 1 aromatic rings. The van der Waals surface area contributed by atoms with Crippen molar-refractivity contribution >= 4 is 15.7 Å². The van der Waals surface area contributed by atoms with E-state index < -0.39 is 14.6 Å². The van der Waals surface area contributed by atoms with Crippen LogP contribution in [-0.4, -0.2) is 31.4 Å². The highest BCUT2D eigenvalue weighted by Crippen LogP contribution is 2.15. The quantitative estimate of drug-likeness (QED) is 0.876. The zero-order valence-electron chi connectivity index (χ0n) is 13.3. The molecule has 0 heterocycles. The third kappa shape index (κ3) is 5.50. The van der Waals surface area contributed by atoms with E-state index in [1.807, 2.05) is 31.2 Å². The normalized spacial score (nSPS) is 12.2. The molecule has 1 rings (SSSR count). The maximum absolute atomic E-state index is 11.9. The molecule has 0 aliphatic rings. The number of amides is 1. The lowest BCUT2D eigenvalue weighted by Gasteiger charge is -2.19. The Labute approximate surface area is 127 Å². The summed E-state index contributed by atoms with van der Waals surface area (Å²) in [7, 11) is -3.18. The Morgan fingerprint density at radius 1 is 1.19 bits per heavy atom. The maximum Gasteiger partial charge on any atom is 0.220 e. The van der Waals surface area contributed by atoms with Crippen molar-refractivity contribution in [3.63, 3.8) is 0 Å². The van der Waals surface area contributed by atoms with Crippen molar-refractivity contribution in [1.29, 1.82) is 0 Å². The molecule has 21 heavy (non-hydrogen) atoms. The molecule has 0 radical (unpaired) electrons. The van der Waals surface area contributed by atoms with E-state index in [1.54, 1.807) is 20.8 Å². The number of carbonyl (C=O) groups is 1. The van der Waals surface area contributed by atoms with E-state index in [4.69, 9.17) is 0 Å². The van der Waals surface area contributed by atoms with Gasteiger partial charge in [0.25, 0.3) is 0 Å². The lowest BCUT2D eigenvalue weighted by Crippen LogP contribution is -2.36. The molecule has 0 aromatic heterocycles. The van der Waals surface area contributed by atoms with Gasteiger partial charge in [0.2, 0.25) is 5.91 Å². The van der Waals surface area contributed by atoms with Crippen molar-refractivity contribution < 1.29 is 13.2 Å². The lowest BCUT2D eigenvalue weighted by atomic mass is 10.0. The Bertz CT molecular complexity index is 586. The molecule has 0 saturated heterocycles. The Morgan fingerprint density at radius 3 is 2.38 bits per heavy atom. The molecule has 0 aliphatic heterocycles. The van der Waals surface area contributed by atoms with Crippen LogP contribution in [0.4, 0.5) is 0 Å². The summed E-state index contributed by atoms with van der Waals surface area (Å²) >= 11 is 0. The summed E-state index contributed by atoms with van der Waals surface area (Å²) in [6.45, 7) is 7.20. The molecule has 0 bridgehead atoms. The molecule has 0 saturated carbocycles. The fraction of sp³-hybridized carbons (Fsp3) is 0.562. The van der Waals surface area contributed by atoms with E-state index in [1.165, 1.54) is 5.56 Å². The van der Waals surface area contributed by atoms with E-state index >= 15 is 0 Å². The van der Waals surface area contributed by atoms with Gasteiger partial charge in [-0.1, -0.05) is 24.3 Å². The molecule has 1 amide bonds. The molecular formula is C16H25NO3S. The molecule has 0 spiro atoms.